The van der Waals surface area contributed by atoms with Crippen molar-refractivity contribution >= 4 is 16.5 Å². The van der Waals surface area contributed by atoms with Crippen molar-refractivity contribution < 1.29 is 13.2 Å². The highest BCUT2D eigenvalue weighted by Gasteiger charge is 2.29. The van der Waals surface area contributed by atoms with Crippen molar-refractivity contribution in [3.8, 4) is 0 Å². The minimum Gasteiger partial charge on any atom is -0.298 e. The third-order valence-electron chi connectivity index (χ3n) is 1.44. The number of aromatic nitrogens is 2. The summed E-state index contributed by atoms with van der Waals surface area (Å²) in [5, 5.41) is 8.14. The number of nitrogens with zero attached hydrogens (tertiary/aromatic N) is 3. The lowest BCUT2D eigenvalue weighted by Gasteiger charge is -2.16. The highest BCUT2D eigenvalue weighted by Crippen LogP contribution is 2.19. The molecule has 5 nitrogen and oxygen atoms in total. The van der Waals surface area contributed by atoms with Crippen molar-refractivity contribution in [1.29, 1.82) is 0 Å². The van der Waals surface area contributed by atoms with Crippen LogP contribution in [0.4, 0.5) is 18.3 Å². The highest BCUT2D eigenvalue weighted by atomic mass is 32.1. The van der Waals surface area contributed by atoms with Gasteiger partial charge in [0.05, 0.1) is 13.1 Å². The van der Waals surface area contributed by atoms with Crippen LogP contribution >= 0.6 is 11.3 Å². The van der Waals surface area contributed by atoms with E-state index in [1.54, 1.807) is 0 Å². The van der Waals surface area contributed by atoms with Crippen LogP contribution in [0.1, 0.15) is 5.01 Å². The maximum atomic E-state index is 12.0. The van der Waals surface area contributed by atoms with Gasteiger partial charge in [-0.25, -0.2) is 5.84 Å². The summed E-state index contributed by atoms with van der Waals surface area (Å²) in [6.45, 7) is -0.878. The summed E-state index contributed by atoms with van der Waals surface area (Å²) < 4.78 is 35.9. The molecule has 1 aromatic heterocycles. The first kappa shape index (κ1) is 12.1. The van der Waals surface area contributed by atoms with Crippen LogP contribution in [-0.4, -0.2) is 34.9 Å². The Bertz CT molecular complexity index is 312. The van der Waals surface area contributed by atoms with Gasteiger partial charge in [-0.05, 0) is 7.05 Å². The summed E-state index contributed by atoms with van der Waals surface area (Å²) in [6.07, 6.45) is -4.20. The zero-order chi connectivity index (χ0) is 11.5. The van der Waals surface area contributed by atoms with E-state index in [9.17, 15) is 13.2 Å². The molecule has 0 saturated heterocycles. The lowest BCUT2D eigenvalue weighted by atomic mass is 10.5. The van der Waals surface area contributed by atoms with E-state index in [0.717, 1.165) is 16.2 Å². The first-order valence-corrected chi connectivity index (χ1v) is 4.76. The maximum absolute atomic E-state index is 12.0. The maximum Gasteiger partial charge on any atom is 0.401 e. The Hall–Kier alpha value is -0.930. The van der Waals surface area contributed by atoms with E-state index in [0.29, 0.717) is 10.1 Å². The molecule has 0 atom stereocenters. The minimum absolute atomic E-state index is 0.0961. The summed E-state index contributed by atoms with van der Waals surface area (Å²) in [6, 6.07) is 0. The van der Waals surface area contributed by atoms with Crippen molar-refractivity contribution in [2.24, 2.45) is 5.84 Å². The molecule has 86 valence electrons. The average Bonchev–Trinajstić information content (AvgIpc) is 2.48. The molecule has 15 heavy (non-hydrogen) atoms. The van der Waals surface area contributed by atoms with Crippen LogP contribution in [0.3, 0.4) is 0 Å². The Kier molecular flexibility index (Phi) is 3.83. The molecule has 1 rings (SSSR count). The van der Waals surface area contributed by atoms with Gasteiger partial charge in [-0.3, -0.25) is 10.3 Å². The molecule has 9 heteroatoms. The predicted molar refractivity (Wildman–Crippen MR) is 50.1 cm³/mol. The molecule has 0 radical (unpaired) electrons. The third kappa shape index (κ3) is 4.40. The Morgan fingerprint density at radius 3 is 2.60 bits per heavy atom. The molecule has 0 bridgehead atoms. The van der Waals surface area contributed by atoms with Crippen molar-refractivity contribution in [1.82, 2.24) is 15.1 Å². The van der Waals surface area contributed by atoms with Gasteiger partial charge in [-0.1, -0.05) is 11.3 Å². The van der Waals surface area contributed by atoms with Crippen LogP contribution in [-0.2, 0) is 6.54 Å². The van der Waals surface area contributed by atoms with Gasteiger partial charge >= 0.3 is 6.18 Å². The van der Waals surface area contributed by atoms with Crippen molar-refractivity contribution in [3.05, 3.63) is 5.01 Å². The molecule has 0 saturated carbocycles. The van der Waals surface area contributed by atoms with Crippen LogP contribution in [0.25, 0.3) is 0 Å². The van der Waals surface area contributed by atoms with E-state index in [4.69, 9.17) is 5.84 Å². The van der Waals surface area contributed by atoms with E-state index >= 15 is 0 Å². The second-order valence-corrected chi connectivity index (χ2v) is 3.99. The molecular weight excluding hydrogens is 231 g/mol. The molecule has 0 aliphatic heterocycles. The molecule has 0 aromatic carbocycles. The molecule has 3 N–H and O–H groups in total. The number of anilines is 1. The van der Waals surface area contributed by atoms with Crippen molar-refractivity contribution in [2.75, 3.05) is 19.0 Å². The zero-order valence-electron chi connectivity index (χ0n) is 7.88. The number of rotatable bonds is 4. The van der Waals surface area contributed by atoms with Crippen LogP contribution in [0.15, 0.2) is 0 Å². The normalized spacial score (nSPS) is 12.1. The SMILES string of the molecule is CN(Cc1nnc(NN)s1)CC(F)(F)F. The van der Waals surface area contributed by atoms with Crippen LogP contribution in [0.2, 0.25) is 0 Å². The number of alkyl halides is 3. The number of hydrazine groups is 1. The topological polar surface area (TPSA) is 67.1 Å². The number of halogens is 3. The Morgan fingerprint density at radius 1 is 1.47 bits per heavy atom. The standard InChI is InChI=1S/C6H10F3N5S/c1-14(3-6(7,8)9)2-4-12-13-5(11-10)15-4/h2-3,10H2,1H3,(H,11,13). The Labute approximate surface area is 88.1 Å². The Morgan fingerprint density at radius 2 is 2.13 bits per heavy atom. The van der Waals surface area contributed by atoms with Crippen LogP contribution in [0, 0.1) is 0 Å². The molecule has 1 aromatic rings. The molecular formula is C6H10F3N5S. The molecule has 0 spiro atoms. The summed E-state index contributed by atoms with van der Waals surface area (Å²) in [5.74, 6) is 5.06. The first-order chi connectivity index (χ1) is 6.90. The van der Waals surface area contributed by atoms with Gasteiger partial charge in [0.15, 0.2) is 0 Å². The fourth-order valence-electron chi connectivity index (χ4n) is 0.969. The number of hydrogen-bond donors (Lipinski definition) is 2. The molecule has 0 aliphatic carbocycles. The highest BCUT2D eigenvalue weighted by molar-refractivity contribution is 7.15. The smallest absolute Gasteiger partial charge is 0.298 e. The predicted octanol–water partition coefficient (Wildman–Crippen LogP) is 0.818. The van der Waals surface area contributed by atoms with Gasteiger partial charge in [0.25, 0.3) is 0 Å². The van der Waals surface area contributed by atoms with Crippen LogP contribution in [0.5, 0.6) is 0 Å². The second kappa shape index (κ2) is 4.73. The number of nitrogens with one attached hydrogen (secondary N) is 1. The van der Waals surface area contributed by atoms with Gasteiger partial charge in [-0.2, -0.15) is 13.2 Å². The number of nitrogen functional groups attached to an aromatic ring is 1. The van der Waals surface area contributed by atoms with Gasteiger partial charge in [-0.15, -0.1) is 10.2 Å². The van der Waals surface area contributed by atoms with E-state index in [2.05, 4.69) is 15.6 Å². The van der Waals surface area contributed by atoms with Gasteiger partial charge in [0.1, 0.15) is 5.01 Å². The third-order valence-corrected chi connectivity index (χ3v) is 2.28. The van der Waals surface area contributed by atoms with Gasteiger partial charge in [0, 0.05) is 0 Å². The van der Waals surface area contributed by atoms with E-state index in [-0.39, 0.29) is 6.54 Å². The van der Waals surface area contributed by atoms with E-state index in [1.807, 2.05) is 0 Å². The summed E-state index contributed by atoms with van der Waals surface area (Å²) in [4.78, 5) is 1.11. The number of nitrogens with two attached hydrogens (primary N) is 1. The summed E-state index contributed by atoms with van der Waals surface area (Å²) in [5.41, 5.74) is 2.27. The molecule has 1 heterocycles. The Balaban J connectivity index is 2.47. The summed E-state index contributed by atoms with van der Waals surface area (Å²) in [7, 11) is 1.37. The zero-order valence-corrected chi connectivity index (χ0v) is 8.69. The first-order valence-electron chi connectivity index (χ1n) is 3.95. The second-order valence-electron chi connectivity index (χ2n) is 2.93. The lowest BCUT2D eigenvalue weighted by Crippen LogP contribution is -2.30. The largest absolute Gasteiger partial charge is 0.401 e. The van der Waals surface area contributed by atoms with Gasteiger partial charge in [0.2, 0.25) is 5.13 Å². The van der Waals surface area contributed by atoms with E-state index < -0.39 is 12.7 Å². The minimum atomic E-state index is -4.20. The fraction of sp³-hybridized carbons (Fsp3) is 0.667. The quantitative estimate of drug-likeness (QED) is 0.603. The molecule has 0 amide bonds. The van der Waals surface area contributed by atoms with Crippen molar-refractivity contribution in [2.45, 2.75) is 12.7 Å². The number of hydrogen-bond acceptors (Lipinski definition) is 6. The molecule has 0 fully saturated rings. The fourth-order valence-corrected chi connectivity index (χ4v) is 1.70. The van der Waals surface area contributed by atoms with Crippen molar-refractivity contribution in [3.63, 3.8) is 0 Å². The molecule has 0 aliphatic rings. The monoisotopic (exact) mass is 241 g/mol. The summed E-state index contributed by atoms with van der Waals surface area (Å²) >= 11 is 1.12. The van der Waals surface area contributed by atoms with Gasteiger partial charge < -0.3 is 0 Å². The molecule has 0 unspecified atom stereocenters. The van der Waals surface area contributed by atoms with Crippen LogP contribution < -0.4 is 11.3 Å². The lowest BCUT2D eigenvalue weighted by molar-refractivity contribution is -0.144. The average molecular weight is 241 g/mol. The van der Waals surface area contributed by atoms with E-state index in [1.165, 1.54) is 7.05 Å².